The minimum atomic E-state index is -0.177. The molecule has 0 aromatic heterocycles. The lowest BCUT2D eigenvalue weighted by Crippen LogP contribution is -2.03. The van der Waals surface area contributed by atoms with Crippen molar-refractivity contribution in [2.45, 2.75) is 45.4 Å². The summed E-state index contributed by atoms with van der Waals surface area (Å²) < 4.78 is 4.55. The van der Waals surface area contributed by atoms with Crippen LogP contribution in [0, 0.1) is 11.8 Å². The molecule has 0 bridgehead atoms. The second-order valence-electron chi connectivity index (χ2n) is 4.24. The van der Waals surface area contributed by atoms with Gasteiger partial charge in [-0.25, -0.2) is 0 Å². The van der Waals surface area contributed by atoms with Crippen LogP contribution in [0.3, 0.4) is 0 Å². The van der Waals surface area contributed by atoms with E-state index in [2.05, 4.69) is 23.5 Å². The monoisotopic (exact) mass is 302 g/mol. The lowest BCUT2D eigenvalue weighted by molar-refractivity contribution is -0.137. The van der Waals surface area contributed by atoms with Gasteiger partial charge in [-0.2, -0.15) is 0 Å². The fourth-order valence-corrected chi connectivity index (χ4v) is 2.80. The Balaban J connectivity index is 3.15. The zero-order valence-electron chi connectivity index (χ0n) is 12.2. The Morgan fingerprint density at radius 1 is 1.00 bits per heavy atom. The molecule has 0 radical (unpaired) electrons. The highest BCUT2D eigenvalue weighted by Crippen LogP contribution is 2.09. The molecule has 0 rings (SSSR count). The highest BCUT2D eigenvalue weighted by Gasteiger charge is 1.97. The minimum absolute atomic E-state index is 0.177. The van der Waals surface area contributed by atoms with Crippen molar-refractivity contribution >= 4 is 29.5 Å². The van der Waals surface area contributed by atoms with E-state index < -0.39 is 0 Å². The molecule has 2 nitrogen and oxygen atoms in total. The number of hydrogen-bond donors (Lipinski definition) is 0. The highest BCUT2D eigenvalue weighted by molar-refractivity contribution is 8.00. The van der Waals surface area contributed by atoms with E-state index in [-0.39, 0.29) is 5.97 Å². The van der Waals surface area contributed by atoms with Crippen LogP contribution in [-0.2, 0) is 9.53 Å². The Morgan fingerprint density at radius 3 is 2.32 bits per heavy atom. The van der Waals surface area contributed by atoms with Gasteiger partial charge in [0.05, 0.1) is 24.4 Å². The number of thioether (sulfide) groups is 2. The van der Waals surface area contributed by atoms with Gasteiger partial charge in [-0.05, 0) is 12.2 Å². The summed E-state index contributed by atoms with van der Waals surface area (Å²) in [6.45, 7) is 2.25. The normalized spacial score (nSPS) is 9.79. The maximum absolute atomic E-state index is 10.8. The maximum Gasteiger partial charge on any atom is 0.315 e. The smallest absolute Gasteiger partial charge is 0.315 e. The number of methoxy groups -OCH3 is 1. The summed E-state index contributed by atoms with van der Waals surface area (Å²) in [5.74, 6) is 9.26. The average Bonchev–Trinajstić information content (AvgIpc) is 2.43. The minimum Gasteiger partial charge on any atom is -0.468 e. The van der Waals surface area contributed by atoms with Crippen LogP contribution in [0.2, 0.25) is 0 Å². The molecule has 0 saturated heterocycles. The van der Waals surface area contributed by atoms with Crippen molar-refractivity contribution in [3.8, 4) is 11.8 Å². The molecule has 0 aromatic carbocycles. The van der Waals surface area contributed by atoms with E-state index in [1.165, 1.54) is 63.1 Å². The zero-order valence-corrected chi connectivity index (χ0v) is 13.8. The molecule has 0 aliphatic rings. The van der Waals surface area contributed by atoms with E-state index in [1.54, 1.807) is 0 Å². The number of hydrogen-bond acceptors (Lipinski definition) is 4. The van der Waals surface area contributed by atoms with Crippen molar-refractivity contribution in [1.82, 2.24) is 0 Å². The standard InChI is InChI=1S/C15H26O2S2/c1-3-4-5-6-7-8-11-18-12-9-10-13-19-14-15(16)17-2/h3-8,11-14H2,1-2H3. The lowest BCUT2D eigenvalue weighted by Gasteiger charge is -1.99. The van der Waals surface area contributed by atoms with Gasteiger partial charge in [0.1, 0.15) is 0 Å². The van der Waals surface area contributed by atoms with Gasteiger partial charge in [0.2, 0.25) is 0 Å². The van der Waals surface area contributed by atoms with Crippen LogP contribution in [0.4, 0.5) is 0 Å². The Morgan fingerprint density at radius 2 is 1.63 bits per heavy atom. The second kappa shape index (κ2) is 15.8. The molecule has 0 N–H and O–H groups in total. The van der Waals surface area contributed by atoms with Crippen LogP contribution < -0.4 is 0 Å². The van der Waals surface area contributed by atoms with Crippen molar-refractivity contribution in [2.24, 2.45) is 0 Å². The summed E-state index contributed by atoms with van der Waals surface area (Å²) in [4.78, 5) is 10.8. The van der Waals surface area contributed by atoms with Gasteiger partial charge in [-0.3, -0.25) is 4.79 Å². The molecule has 0 amide bonds. The van der Waals surface area contributed by atoms with Crippen LogP contribution in [0.15, 0.2) is 0 Å². The number of carbonyl (C=O) groups is 1. The first-order chi connectivity index (χ1) is 9.31. The summed E-state index contributed by atoms with van der Waals surface area (Å²) in [5, 5.41) is 0. The van der Waals surface area contributed by atoms with Gasteiger partial charge < -0.3 is 4.74 Å². The molecule has 0 fully saturated rings. The van der Waals surface area contributed by atoms with Crippen LogP contribution >= 0.6 is 23.5 Å². The fourth-order valence-electron chi connectivity index (χ4n) is 1.45. The van der Waals surface area contributed by atoms with E-state index in [1.807, 2.05) is 11.8 Å². The van der Waals surface area contributed by atoms with E-state index in [0.717, 1.165) is 5.75 Å². The Hall–Kier alpha value is -0.270. The first-order valence-electron chi connectivity index (χ1n) is 6.99. The third kappa shape index (κ3) is 15.7. The summed E-state index contributed by atoms with van der Waals surface area (Å²) in [6.07, 6.45) is 8.13. The summed E-state index contributed by atoms with van der Waals surface area (Å²) in [7, 11) is 1.41. The van der Waals surface area contributed by atoms with E-state index in [0.29, 0.717) is 11.5 Å². The molecule has 0 heterocycles. The number of unbranched alkanes of at least 4 members (excludes halogenated alkanes) is 5. The third-order valence-corrected chi connectivity index (χ3v) is 4.28. The molecule has 0 aliphatic carbocycles. The summed E-state index contributed by atoms with van der Waals surface area (Å²) in [6, 6.07) is 0. The van der Waals surface area contributed by atoms with Crippen molar-refractivity contribution in [1.29, 1.82) is 0 Å². The lowest BCUT2D eigenvalue weighted by atomic mass is 10.1. The van der Waals surface area contributed by atoms with E-state index in [9.17, 15) is 4.79 Å². The fraction of sp³-hybridized carbons (Fsp3) is 0.800. The molecule has 110 valence electrons. The summed E-state index contributed by atoms with van der Waals surface area (Å²) >= 11 is 3.42. The molecule has 0 spiro atoms. The predicted octanol–water partition coefficient (Wildman–Crippen LogP) is 3.99. The third-order valence-electron chi connectivity index (χ3n) is 2.56. The maximum atomic E-state index is 10.8. The van der Waals surface area contributed by atoms with Crippen LogP contribution in [0.1, 0.15) is 45.4 Å². The number of esters is 1. The first-order valence-corrected chi connectivity index (χ1v) is 9.30. The highest BCUT2D eigenvalue weighted by atomic mass is 32.2. The van der Waals surface area contributed by atoms with Gasteiger partial charge in [0, 0.05) is 0 Å². The largest absolute Gasteiger partial charge is 0.468 e. The Labute approximate surface area is 126 Å². The Kier molecular flexibility index (Phi) is 15.6. The molecule has 0 aliphatic heterocycles. The zero-order chi connectivity index (χ0) is 14.2. The predicted molar refractivity (Wildman–Crippen MR) is 87.8 cm³/mol. The molecular weight excluding hydrogens is 276 g/mol. The van der Waals surface area contributed by atoms with E-state index >= 15 is 0 Å². The van der Waals surface area contributed by atoms with Crippen molar-refractivity contribution in [2.75, 3.05) is 30.1 Å². The number of ether oxygens (including phenoxy) is 1. The van der Waals surface area contributed by atoms with Crippen LogP contribution in [0.25, 0.3) is 0 Å². The summed E-state index contributed by atoms with van der Waals surface area (Å²) in [5.41, 5.74) is 0. The molecule has 0 unspecified atom stereocenters. The van der Waals surface area contributed by atoms with Crippen LogP contribution in [0.5, 0.6) is 0 Å². The van der Waals surface area contributed by atoms with Gasteiger partial charge in [-0.1, -0.05) is 50.9 Å². The topological polar surface area (TPSA) is 26.3 Å². The van der Waals surface area contributed by atoms with Gasteiger partial charge in [0.25, 0.3) is 0 Å². The van der Waals surface area contributed by atoms with Gasteiger partial charge in [-0.15, -0.1) is 23.5 Å². The van der Waals surface area contributed by atoms with Crippen LogP contribution in [-0.4, -0.2) is 36.1 Å². The number of carbonyl (C=O) groups excluding carboxylic acids is 1. The Bertz CT molecular complexity index is 269. The van der Waals surface area contributed by atoms with Crippen molar-refractivity contribution in [3.63, 3.8) is 0 Å². The average molecular weight is 303 g/mol. The molecular formula is C15H26O2S2. The second-order valence-corrected chi connectivity index (χ2v) is 6.33. The number of rotatable bonds is 11. The van der Waals surface area contributed by atoms with Crippen molar-refractivity contribution in [3.05, 3.63) is 0 Å². The molecule has 0 saturated carbocycles. The van der Waals surface area contributed by atoms with Gasteiger partial charge in [0.15, 0.2) is 0 Å². The molecule has 4 heteroatoms. The van der Waals surface area contributed by atoms with E-state index in [4.69, 9.17) is 0 Å². The molecule has 19 heavy (non-hydrogen) atoms. The van der Waals surface area contributed by atoms with Gasteiger partial charge >= 0.3 is 5.97 Å². The SMILES string of the molecule is CCCCCCCCSCC#CCSCC(=O)OC. The quantitative estimate of drug-likeness (QED) is 0.327. The first kappa shape index (κ1) is 18.7. The molecule has 0 atom stereocenters. The van der Waals surface area contributed by atoms with Crippen molar-refractivity contribution < 1.29 is 9.53 Å². The molecule has 0 aromatic rings.